The lowest BCUT2D eigenvalue weighted by Crippen LogP contribution is -2.47. The van der Waals surface area contributed by atoms with Gasteiger partial charge in [0.15, 0.2) is 0 Å². The Bertz CT molecular complexity index is 970. The Morgan fingerprint density at radius 3 is 2.60 bits per heavy atom. The van der Waals surface area contributed by atoms with Gasteiger partial charge in [-0.1, -0.05) is 35.9 Å². The number of nitrogens with one attached hydrogen (secondary N) is 1. The van der Waals surface area contributed by atoms with E-state index in [1.54, 1.807) is 0 Å². The molecule has 0 atom stereocenters. The lowest BCUT2D eigenvalue weighted by Gasteiger charge is -2.36. The monoisotopic (exact) mass is 425 g/mol. The first-order valence-electron chi connectivity index (χ1n) is 10.1. The van der Waals surface area contributed by atoms with Crippen LogP contribution in [0.5, 0.6) is 0 Å². The number of carbonyl (C=O) groups excluding carboxylic acids is 1. The van der Waals surface area contributed by atoms with Gasteiger partial charge >= 0.3 is 11.8 Å². The fourth-order valence-electron chi connectivity index (χ4n) is 3.50. The van der Waals surface area contributed by atoms with Crippen LogP contribution >= 0.6 is 11.6 Å². The van der Waals surface area contributed by atoms with Crippen LogP contribution in [-0.2, 0) is 0 Å². The fraction of sp³-hybridized carbons (Fsp3) is 0.318. The van der Waals surface area contributed by atoms with E-state index >= 15 is 0 Å². The summed E-state index contributed by atoms with van der Waals surface area (Å²) in [6.45, 7) is 5.42. The van der Waals surface area contributed by atoms with Crippen molar-refractivity contribution in [2.75, 3.05) is 44.2 Å². The number of rotatable bonds is 7. The predicted octanol–water partition coefficient (Wildman–Crippen LogP) is 3.33. The van der Waals surface area contributed by atoms with Crippen molar-refractivity contribution in [1.82, 2.24) is 20.4 Å². The van der Waals surface area contributed by atoms with Crippen LogP contribution in [0, 0.1) is 0 Å². The molecule has 0 aliphatic carbocycles. The molecule has 3 aromatic rings. The number of aromatic nitrogens is 2. The number of anilines is 1. The molecule has 0 radical (unpaired) electrons. The maximum atomic E-state index is 12.2. The van der Waals surface area contributed by atoms with Crippen molar-refractivity contribution in [3.05, 3.63) is 65.5 Å². The van der Waals surface area contributed by atoms with Gasteiger partial charge < -0.3 is 14.6 Å². The topological polar surface area (TPSA) is 74.5 Å². The Morgan fingerprint density at radius 2 is 1.83 bits per heavy atom. The van der Waals surface area contributed by atoms with Crippen LogP contribution < -0.4 is 10.2 Å². The second-order valence-electron chi connectivity index (χ2n) is 7.20. The van der Waals surface area contributed by atoms with Crippen molar-refractivity contribution in [3.63, 3.8) is 0 Å². The number of hydrogen-bond donors (Lipinski definition) is 1. The maximum absolute atomic E-state index is 12.2. The molecule has 2 aromatic carbocycles. The molecule has 0 unspecified atom stereocenters. The van der Waals surface area contributed by atoms with Crippen molar-refractivity contribution in [3.8, 4) is 11.5 Å². The smallest absolute Gasteiger partial charge is 0.308 e. The normalized spacial score (nSPS) is 14.6. The molecule has 1 aromatic heterocycles. The molecular weight excluding hydrogens is 402 g/mol. The summed E-state index contributed by atoms with van der Waals surface area (Å²) in [7, 11) is 0. The number of piperazine rings is 1. The van der Waals surface area contributed by atoms with Crippen molar-refractivity contribution >= 4 is 23.2 Å². The Morgan fingerprint density at radius 1 is 1.03 bits per heavy atom. The standard InChI is InChI=1S/C22H24ClN5O2/c23-18-8-4-9-19(16-18)28-14-12-27(13-15-28)11-5-10-24-20(29)22-26-25-21(30-22)17-6-2-1-3-7-17/h1-4,6-9,16H,5,10-15H2,(H,24,29). The van der Waals surface area contributed by atoms with E-state index in [1.807, 2.05) is 48.5 Å². The molecule has 0 saturated carbocycles. The zero-order valence-electron chi connectivity index (χ0n) is 16.6. The van der Waals surface area contributed by atoms with Crippen LogP contribution in [0.4, 0.5) is 5.69 Å². The van der Waals surface area contributed by atoms with Gasteiger partial charge in [0, 0.05) is 49.0 Å². The molecule has 2 heterocycles. The molecule has 1 aliphatic rings. The molecule has 30 heavy (non-hydrogen) atoms. The van der Waals surface area contributed by atoms with Crippen LogP contribution in [-0.4, -0.2) is 60.3 Å². The highest BCUT2D eigenvalue weighted by Gasteiger charge is 2.18. The third-order valence-electron chi connectivity index (χ3n) is 5.12. The third-order valence-corrected chi connectivity index (χ3v) is 5.36. The van der Waals surface area contributed by atoms with Crippen LogP contribution in [0.1, 0.15) is 17.1 Å². The highest BCUT2D eigenvalue weighted by Crippen LogP contribution is 2.21. The highest BCUT2D eigenvalue weighted by atomic mass is 35.5. The van der Waals surface area contributed by atoms with Gasteiger partial charge in [0.2, 0.25) is 5.89 Å². The molecule has 7 nitrogen and oxygen atoms in total. The number of halogens is 1. The van der Waals surface area contributed by atoms with E-state index < -0.39 is 0 Å². The van der Waals surface area contributed by atoms with Crippen molar-refractivity contribution < 1.29 is 9.21 Å². The highest BCUT2D eigenvalue weighted by molar-refractivity contribution is 6.30. The lowest BCUT2D eigenvalue weighted by molar-refractivity contribution is 0.0917. The molecule has 8 heteroatoms. The van der Waals surface area contributed by atoms with Crippen LogP contribution in [0.3, 0.4) is 0 Å². The molecule has 1 saturated heterocycles. The van der Waals surface area contributed by atoms with Gasteiger partial charge in [-0.05, 0) is 43.3 Å². The second kappa shape index (κ2) is 9.73. The van der Waals surface area contributed by atoms with E-state index in [1.165, 1.54) is 5.69 Å². The van der Waals surface area contributed by atoms with Gasteiger partial charge in [0.25, 0.3) is 0 Å². The van der Waals surface area contributed by atoms with Gasteiger partial charge in [-0.25, -0.2) is 0 Å². The number of benzene rings is 2. The summed E-state index contributed by atoms with van der Waals surface area (Å²) in [6, 6.07) is 17.4. The van der Waals surface area contributed by atoms with Gasteiger partial charge in [-0.2, -0.15) is 0 Å². The number of nitrogens with zero attached hydrogens (tertiary/aromatic N) is 4. The van der Waals surface area contributed by atoms with E-state index in [2.05, 4.69) is 31.4 Å². The van der Waals surface area contributed by atoms with Crippen LogP contribution in [0.25, 0.3) is 11.5 Å². The van der Waals surface area contributed by atoms with E-state index in [0.29, 0.717) is 12.4 Å². The SMILES string of the molecule is O=C(NCCCN1CCN(c2cccc(Cl)c2)CC1)c1nnc(-c2ccccc2)o1. The Labute approximate surface area is 180 Å². The van der Waals surface area contributed by atoms with E-state index in [4.69, 9.17) is 16.0 Å². The van der Waals surface area contributed by atoms with E-state index in [-0.39, 0.29) is 11.8 Å². The molecule has 4 rings (SSSR count). The zero-order valence-corrected chi connectivity index (χ0v) is 17.4. The predicted molar refractivity (Wildman–Crippen MR) is 117 cm³/mol. The number of amides is 1. The molecule has 156 valence electrons. The minimum absolute atomic E-state index is 0.0102. The molecule has 1 fully saturated rings. The summed E-state index contributed by atoms with van der Waals surface area (Å²) < 4.78 is 5.48. The van der Waals surface area contributed by atoms with Crippen LogP contribution in [0.2, 0.25) is 5.02 Å². The summed E-state index contributed by atoms with van der Waals surface area (Å²) in [6.07, 6.45) is 0.864. The lowest BCUT2D eigenvalue weighted by atomic mass is 10.2. The summed E-state index contributed by atoms with van der Waals surface area (Å²) >= 11 is 6.09. The van der Waals surface area contributed by atoms with Gasteiger partial charge in [-0.3, -0.25) is 9.69 Å². The number of hydrogen-bond acceptors (Lipinski definition) is 6. The first-order valence-corrected chi connectivity index (χ1v) is 10.5. The van der Waals surface area contributed by atoms with Crippen LogP contribution in [0.15, 0.2) is 59.0 Å². The van der Waals surface area contributed by atoms with Gasteiger partial charge in [0.05, 0.1) is 0 Å². The zero-order chi connectivity index (χ0) is 20.8. The van der Waals surface area contributed by atoms with Crippen molar-refractivity contribution in [2.24, 2.45) is 0 Å². The summed E-state index contributed by atoms with van der Waals surface area (Å²) in [5, 5.41) is 11.4. The Kier molecular flexibility index (Phi) is 6.61. The largest absolute Gasteiger partial charge is 0.412 e. The quantitative estimate of drug-likeness (QED) is 0.585. The fourth-order valence-corrected chi connectivity index (χ4v) is 3.68. The second-order valence-corrected chi connectivity index (χ2v) is 7.63. The van der Waals surface area contributed by atoms with Gasteiger partial charge in [-0.15, -0.1) is 10.2 Å². The van der Waals surface area contributed by atoms with E-state index in [0.717, 1.165) is 49.7 Å². The summed E-state index contributed by atoms with van der Waals surface area (Å²) in [5.74, 6) is -0.00206. The average molecular weight is 426 g/mol. The third kappa shape index (κ3) is 5.17. The van der Waals surface area contributed by atoms with Gasteiger partial charge in [0.1, 0.15) is 0 Å². The molecule has 1 aliphatic heterocycles. The average Bonchev–Trinajstić information content (AvgIpc) is 3.28. The Hall–Kier alpha value is -2.90. The maximum Gasteiger partial charge on any atom is 0.308 e. The summed E-state index contributed by atoms with van der Waals surface area (Å²) in [5.41, 5.74) is 1.96. The molecule has 0 bridgehead atoms. The van der Waals surface area contributed by atoms with Crippen molar-refractivity contribution in [1.29, 1.82) is 0 Å². The Balaban J connectivity index is 1.17. The molecule has 0 spiro atoms. The summed E-state index contributed by atoms with van der Waals surface area (Å²) in [4.78, 5) is 17.0. The number of carbonyl (C=O) groups is 1. The minimum atomic E-state index is -0.338. The van der Waals surface area contributed by atoms with E-state index in [9.17, 15) is 4.79 Å². The molecule has 1 N–H and O–H groups in total. The first-order chi connectivity index (χ1) is 14.7. The first kappa shape index (κ1) is 20.4. The molecular formula is C22H24ClN5O2. The molecule has 1 amide bonds. The van der Waals surface area contributed by atoms with Crippen molar-refractivity contribution in [2.45, 2.75) is 6.42 Å². The minimum Gasteiger partial charge on any atom is -0.412 e.